The number of nitrogens with one attached hydrogen (secondary N) is 1. The molecule has 2 aromatic rings. The van der Waals surface area contributed by atoms with Crippen molar-refractivity contribution in [2.75, 3.05) is 19.7 Å². The van der Waals surface area contributed by atoms with Crippen LogP contribution in [0.2, 0.25) is 0 Å². The van der Waals surface area contributed by atoms with E-state index < -0.39 is 6.04 Å². The molecule has 162 valence electrons. The highest BCUT2D eigenvalue weighted by Gasteiger charge is 2.27. The van der Waals surface area contributed by atoms with E-state index in [9.17, 15) is 9.59 Å². The van der Waals surface area contributed by atoms with Crippen molar-refractivity contribution in [2.24, 2.45) is 0 Å². The van der Waals surface area contributed by atoms with Gasteiger partial charge in [-0.3, -0.25) is 9.59 Å². The summed E-state index contributed by atoms with van der Waals surface area (Å²) in [6, 6.07) is 17.5. The Bertz CT molecular complexity index is 775. The summed E-state index contributed by atoms with van der Waals surface area (Å²) in [5.41, 5.74) is 2.34. The standard InChI is InChI=1S/C25H34N2O3/c1-4-23(25(29)26-5-2)27(18-17-21-10-7-6-8-11-21)24(28)12-9-19-30-22-15-13-20(3)14-16-22/h6-8,10-11,13-16,23H,4-5,9,12,17-19H2,1-3H3,(H,26,29)/t23-/m1/s1. The lowest BCUT2D eigenvalue weighted by molar-refractivity contribution is -0.140. The van der Waals surface area contributed by atoms with Gasteiger partial charge in [-0.2, -0.15) is 0 Å². The van der Waals surface area contributed by atoms with E-state index in [0.717, 1.165) is 17.7 Å². The van der Waals surface area contributed by atoms with Gasteiger partial charge in [0.25, 0.3) is 0 Å². The second-order valence-corrected chi connectivity index (χ2v) is 7.41. The first kappa shape index (κ1) is 23.5. The molecular formula is C25H34N2O3. The molecule has 0 saturated heterocycles. The van der Waals surface area contributed by atoms with Crippen LogP contribution in [0.25, 0.3) is 0 Å². The first-order valence-corrected chi connectivity index (χ1v) is 10.9. The van der Waals surface area contributed by atoms with Gasteiger partial charge >= 0.3 is 0 Å². The maximum Gasteiger partial charge on any atom is 0.242 e. The fourth-order valence-corrected chi connectivity index (χ4v) is 3.38. The predicted octanol–water partition coefficient (Wildman–Crippen LogP) is 4.14. The van der Waals surface area contributed by atoms with Gasteiger partial charge in [0.2, 0.25) is 11.8 Å². The van der Waals surface area contributed by atoms with Crippen LogP contribution in [0.15, 0.2) is 54.6 Å². The average molecular weight is 411 g/mol. The number of carbonyl (C=O) groups is 2. The third-order valence-electron chi connectivity index (χ3n) is 5.05. The van der Waals surface area contributed by atoms with Crippen molar-refractivity contribution < 1.29 is 14.3 Å². The smallest absolute Gasteiger partial charge is 0.242 e. The number of hydrogen-bond acceptors (Lipinski definition) is 3. The molecule has 0 bridgehead atoms. The maximum atomic E-state index is 13.0. The minimum absolute atomic E-state index is 0.00320. The molecule has 0 aliphatic rings. The quantitative estimate of drug-likeness (QED) is 0.535. The highest BCUT2D eigenvalue weighted by molar-refractivity contribution is 5.87. The number of hydrogen-bond donors (Lipinski definition) is 1. The molecular weight excluding hydrogens is 376 g/mol. The Labute approximate surface area is 180 Å². The molecule has 2 aromatic carbocycles. The summed E-state index contributed by atoms with van der Waals surface area (Å²) >= 11 is 0. The minimum Gasteiger partial charge on any atom is -0.494 e. The summed E-state index contributed by atoms with van der Waals surface area (Å²) in [5.74, 6) is 0.719. The zero-order chi connectivity index (χ0) is 21.8. The van der Waals surface area contributed by atoms with Crippen LogP contribution in [0.3, 0.4) is 0 Å². The maximum absolute atomic E-state index is 13.0. The van der Waals surface area contributed by atoms with E-state index in [4.69, 9.17) is 4.74 Å². The molecule has 1 N–H and O–H groups in total. The fraction of sp³-hybridized carbons (Fsp3) is 0.440. The molecule has 5 nitrogen and oxygen atoms in total. The molecule has 5 heteroatoms. The third-order valence-corrected chi connectivity index (χ3v) is 5.05. The molecule has 0 heterocycles. The molecule has 0 spiro atoms. The van der Waals surface area contributed by atoms with Gasteiger partial charge in [0, 0.05) is 19.5 Å². The number of nitrogens with zero attached hydrogens (tertiary/aromatic N) is 1. The summed E-state index contributed by atoms with van der Waals surface area (Å²) in [6.07, 6.45) is 2.28. The predicted molar refractivity (Wildman–Crippen MR) is 121 cm³/mol. The number of aryl methyl sites for hydroxylation is 1. The van der Waals surface area contributed by atoms with Crippen molar-refractivity contribution in [2.45, 2.75) is 52.5 Å². The molecule has 0 fully saturated rings. The summed E-state index contributed by atoms with van der Waals surface area (Å²) in [5, 5.41) is 2.87. The number of ether oxygens (including phenoxy) is 1. The molecule has 0 aliphatic heterocycles. The Kier molecular flexibility index (Phi) is 9.92. The van der Waals surface area contributed by atoms with Gasteiger partial charge in [0.15, 0.2) is 0 Å². The van der Waals surface area contributed by atoms with Gasteiger partial charge < -0.3 is 15.0 Å². The van der Waals surface area contributed by atoms with Crippen LogP contribution in [-0.2, 0) is 16.0 Å². The lowest BCUT2D eigenvalue weighted by atomic mass is 10.1. The van der Waals surface area contributed by atoms with Crippen LogP contribution in [0.1, 0.15) is 44.2 Å². The molecule has 0 saturated carbocycles. The van der Waals surface area contributed by atoms with Gasteiger partial charge in [-0.15, -0.1) is 0 Å². The van der Waals surface area contributed by atoms with Crippen molar-refractivity contribution >= 4 is 11.8 Å². The Hall–Kier alpha value is -2.82. The van der Waals surface area contributed by atoms with E-state index in [1.54, 1.807) is 4.90 Å². The second-order valence-electron chi connectivity index (χ2n) is 7.41. The number of likely N-dealkylation sites (N-methyl/N-ethyl adjacent to an activating group) is 1. The largest absolute Gasteiger partial charge is 0.494 e. The zero-order valence-corrected chi connectivity index (χ0v) is 18.4. The SMILES string of the molecule is CCNC(=O)[C@@H](CC)N(CCc1ccccc1)C(=O)CCCOc1ccc(C)cc1. The second kappa shape index (κ2) is 12.7. The Balaban J connectivity index is 1.95. The highest BCUT2D eigenvalue weighted by atomic mass is 16.5. The van der Waals surface area contributed by atoms with Crippen molar-refractivity contribution in [1.82, 2.24) is 10.2 Å². The lowest BCUT2D eigenvalue weighted by Crippen LogP contribution is -2.50. The van der Waals surface area contributed by atoms with Gasteiger partial charge in [-0.1, -0.05) is 55.0 Å². The Morgan fingerprint density at radius 2 is 1.73 bits per heavy atom. The summed E-state index contributed by atoms with van der Waals surface area (Å²) in [6.45, 7) is 7.43. The molecule has 2 rings (SSSR count). The molecule has 0 unspecified atom stereocenters. The molecule has 1 atom stereocenters. The third kappa shape index (κ3) is 7.54. The Morgan fingerprint density at radius 3 is 2.37 bits per heavy atom. The summed E-state index contributed by atoms with van der Waals surface area (Å²) in [4.78, 5) is 27.3. The molecule has 0 radical (unpaired) electrons. The van der Waals surface area contributed by atoms with Crippen LogP contribution in [0.5, 0.6) is 5.75 Å². The first-order chi connectivity index (χ1) is 14.5. The lowest BCUT2D eigenvalue weighted by Gasteiger charge is -2.30. The van der Waals surface area contributed by atoms with Gasteiger partial charge in [-0.05, 0) is 50.8 Å². The van der Waals surface area contributed by atoms with Crippen LogP contribution in [-0.4, -0.2) is 42.5 Å². The van der Waals surface area contributed by atoms with Crippen LogP contribution in [0.4, 0.5) is 0 Å². The van der Waals surface area contributed by atoms with E-state index >= 15 is 0 Å². The van der Waals surface area contributed by atoms with Gasteiger partial charge in [0.1, 0.15) is 11.8 Å². The number of rotatable bonds is 12. The molecule has 30 heavy (non-hydrogen) atoms. The number of benzene rings is 2. The van der Waals surface area contributed by atoms with E-state index in [0.29, 0.717) is 39.0 Å². The van der Waals surface area contributed by atoms with Crippen molar-refractivity contribution in [3.63, 3.8) is 0 Å². The molecule has 0 aromatic heterocycles. The van der Waals surface area contributed by atoms with E-state index in [-0.39, 0.29) is 11.8 Å². The van der Waals surface area contributed by atoms with E-state index in [1.807, 2.05) is 75.4 Å². The topological polar surface area (TPSA) is 58.6 Å². The molecule has 2 amide bonds. The minimum atomic E-state index is -0.445. The normalized spacial score (nSPS) is 11.6. The van der Waals surface area contributed by atoms with Crippen LogP contribution >= 0.6 is 0 Å². The van der Waals surface area contributed by atoms with Crippen molar-refractivity contribution in [3.05, 3.63) is 65.7 Å². The van der Waals surface area contributed by atoms with E-state index in [1.165, 1.54) is 5.56 Å². The monoisotopic (exact) mass is 410 g/mol. The Morgan fingerprint density at radius 1 is 1.03 bits per heavy atom. The van der Waals surface area contributed by atoms with Crippen molar-refractivity contribution in [1.29, 1.82) is 0 Å². The van der Waals surface area contributed by atoms with E-state index in [2.05, 4.69) is 5.32 Å². The number of amides is 2. The summed E-state index contributed by atoms with van der Waals surface area (Å²) < 4.78 is 5.74. The van der Waals surface area contributed by atoms with Gasteiger partial charge in [-0.25, -0.2) is 0 Å². The van der Waals surface area contributed by atoms with Crippen molar-refractivity contribution in [3.8, 4) is 5.75 Å². The fourth-order valence-electron chi connectivity index (χ4n) is 3.38. The summed E-state index contributed by atoms with van der Waals surface area (Å²) in [7, 11) is 0. The highest BCUT2D eigenvalue weighted by Crippen LogP contribution is 2.14. The zero-order valence-electron chi connectivity index (χ0n) is 18.4. The van der Waals surface area contributed by atoms with Crippen LogP contribution in [0, 0.1) is 6.92 Å². The number of carbonyl (C=O) groups excluding carboxylic acids is 2. The van der Waals surface area contributed by atoms with Gasteiger partial charge in [0.05, 0.1) is 6.61 Å². The first-order valence-electron chi connectivity index (χ1n) is 10.9. The average Bonchev–Trinajstić information content (AvgIpc) is 2.76. The van der Waals surface area contributed by atoms with Crippen LogP contribution < -0.4 is 10.1 Å². The molecule has 0 aliphatic carbocycles.